The van der Waals surface area contributed by atoms with Crippen LogP contribution in [0.3, 0.4) is 0 Å². The summed E-state index contributed by atoms with van der Waals surface area (Å²) in [5.74, 6) is -3.19. The van der Waals surface area contributed by atoms with E-state index in [1.807, 2.05) is 44.2 Å². The van der Waals surface area contributed by atoms with Crippen molar-refractivity contribution in [2.75, 3.05) is 6.61 Å². The van der Waals surface area contributed by atoms with Gasteiger partial charge in [-0.1, -0.05) is 44.2 Å². The summed E-state index contributed by atoms with van der Waals surface area (Å²) < 4.78 is 0. The summed E-state index contributed by atoms with van der Waals surface area (Å²) in [7, 11) is 0. The third-order valence-electron chi connectivity index (χ3n) is 4.52. The number of hydrogen-bond donors (Lipinski definition) is 6. The minimum absolute atomic E-state index is 0.0660. The van der Waals surface area contributed by atoms with Gasteiger partial charge in [-0.05, 0) is 31.2 Å². The maximum atomic E-state index is 12.7. The number of benzene rings is 1. The number of aliphatic hydroxyl groups excluding tert-OH is 1. The molecule has 0 bridgehead atoms. The van der Waals surface area contributed by atoms with Gasteiger partial charge in [0, 0.05) is 0 Å². The summed E-state index contributed by atoms with van der Waals surface area (Å²) in [5.41, 5.74) is 6.88. The van der Waals surface area contributed by atoms with Crippen LogP contribution >= 0.6 is 0 Å². The standard InChI is InChI=1S/C21H32N4O6/c1-12(2)9-16(24-19(28)15(22)10-14-7-5-4-6-8-14)20(29)23-13(3)18(27)25-17(11-26)21(30)31/h4-8,12-13,15-17,26H,9-11,22H2,1-3H3,(H,23,29)(H,24,28)(H,25,27)(H,30,31). The monoisotopic (exact) mass is 436 g/mol. The lowest BCUT2D eigenvalue weighted by molar-refractivity contribution is -0.143. The van der Waals surface area contributed by atoms with Gasteiger partial charge in [0.2, 0.25) is 17.7 Å². The van der Waals surface area contributed by atoms with Gasteiger partial charge in [0.1, 0.15) is 18.1 Å². The van der Waals surface area contributed by atoms with E-state index in [0.29, 0.717) is 12.8 Å². The first-order valence-corrected chi connectivity index (χ1v) is 10.1. The quantitative estimate of drug-likeness (QED) is 0.248. The largest absolute Gasteiger partial charge is 0.480 e. The van der Waals surface area contributed by atoms with E-state index >= 15 is 0 Å². The van der Waals surface area contributed by atoms with Gasteiger partial charge in [-0.25, -0.2) is 4.79 Å². The zero-order valence-electron chi connectivity index (χ0n) is 18.0. The molecule has 1 rings (SSSR count). The predicted octanol–water partition coefficient (Wildman–Crippen LogP) is -0.846. The molecule has 31 heavy (non-hydrogen) atoms. The highest BCUT2D eigenvalue weighted by Crippen LogP contribution is 2.07. The molecule has 0 aliphatic carbocycles. The van der Waals surface area contributed by atoms with Crippen LogP contribution in [0.4, 0.5) is 0 Å². The third-order valence-corrected chi connectivity index (χ3v) is 4.52. The second-order valence-electron chi connectivity index (χ2n) is 7.80. The fourth-order valence-corrected chi connectivity index (χ4v) is 2.80. The van der Waals surface area contributed by atoms with E-state index in [0.717, 1.165) is 5.56 Å². The average Bonchev–Trinajstić information content (AvgIpc) is 2.71. The highest BCUT2D eigenvalue weighted by molar-refractivity contribution is 5.93. The summed E-state index contributed by atoms with van der Waals surface area (Å²) in [5, 5.41) is 25.2. The van der Waals surface area contributed by atoms with Crippen molar-refractivity contribution in [3.8, 4) is 0 Å². The molecular formula is C21H32N4O6. The van der Waals surface area contributed by atoms with Crippen molar-refractivity contribution in [2.45, 2.75) is 57.8 Å². The number of amides is 3. The van der Waals surface area contributed by atoms with Crippen LogP contribution in [0.25, 0.3) is 0 Å². The first kappa shape index (κ1) is 26.1. The second-order valence-corrected chi connectivity index (χ2v) is 7.80. The Morgan fingerprint density at radius 3 is 2.00 bits per heavy atom. The molecule has 0 aliphatic heterocycles. The van der Waals surface area contributed by atoms with E-state index in [1.54, 1.807) is 0 Å². The molecule has 1 aromatic rings. The lowest BCUT2D eigenvalue weighted by Crippen LogP contribution is -2.57. The van der Waals surface area contributed by atoms with Crippen molar-refractivity contribution < 1.29 is 29.4 Å². The Morgan fingerprint density at radius 1 is 0.903 bits per heavy atom. The van der Waals surface area contributed by atoms with E-state index in [9.17, 15) is 19.2 Å². The van der Waals surface area contributed by atoms with E-state index in [-0.39, 0.29) is 5.92 Å². The van der Waals surface area contributed by atoms with Gasteiger partial charge in [0.05, 0.1) is 12.6 Å². The summed E-state index contributed by atoms with van der Waals surface area (Å²) in [6.07, 6.45) is 0.623. The Bertz CT molecular complexity index is 755. The molecule has 4 atom stereocenters. The normalized spacial score (nSPS) is 14.8. The van der Waals surface area contributed by atoms with E-state index in [2.05, 4.69) is 16.0 Å². The van der Waals surface area contributed by atoms with Gasteiger partial charge in [-0.15, -0.1) is 0 Å². The number of hydrogen-bond acceptors (Lipinski definition) is 6. The Hall–Kier alpha value is -2.98. The number of carboxylic acid groups (broad SMARTS) is 1. The molecule has 0 radical (unpaired) electrons. The molecule has 4 unspecified atom stereocenters. The zero-order chi connectivity index (χ0) is 23.6. The van der Waals surface area contributed by atoms with Crippen LogP contribution in [0.5, 0.6) is 0 Å². The van der Waals surface area contributed by atoms with Crippen LogP contribution in [0.1, 0.15) is 32.8 Å². The van der Waals surface area contributed by atoms with Gasteiger partial charge in [-0.3, -0.25) is 14.4 Å². The summed E-state index contributed by atoms with van der Waals surface area (Å²) in [6.45, 7) is 4.35. The number of rotatable bonds is 12. The zero-order valence-corrected chi connectivity index (χ0v) is 18.0. The Morgan fingerprint density at radius 2 is 1.48 bits per heavy atom. The minimum atomic E-state index is -1.48. The van der Waals surface area contributed by atoms with Crippen molar-refractivity contribution in [2.24, 2.45) is 11.7 Å². The van der Waals surface area contributed by atoms with E-state index < -0.39 is 54.5 Å². The maximum Gasteiger partial charge on any atom is 0.328 e. The Balaban J connectivity index is 2.74. The number of nitrogens with one attached hydrogen (secondary N) is 3. The molecule has 0 heterocycles. The highest BCUT2D eigenvalue weighted by atomic mass is 16.4. The summed E-state index contributed by atoms with van der Waals surface area (Å²) in [6, 6.07) is 4.91. The number of carbonyl (C=O) groups is 4. The van der Waals surface area contributed by atoms with Crippen molar-refractivity contribution in [3.63, 3.8) is 0 Å². The Labute approximate surface area is 181 Å². The molecule has 0 saturated carbocycles. The molecule has 0 spiro atoms. The third kappa shape index (κ3) is 9.14. The van der Waals surface area contributed by atoms with Gasteiger partial charge < -0.3 is 31.9 Å². The van der Waals surface area contributed by atoms with Crippen molar-refractivity contribution in [1.29, 1.82) is 0 Å². The van der Waals surface area contributed by atoms with Crippen molar-refractivity contribution >= 4 is 23.7 Å². The van der Waals surface area contributed by atoms with Crippen LogP contribution in [0.2, 0.25) is 0 Å². The number of nitrogens with two attached hydrogens (primary N) is 1. The summed E-state index contributed by atoms with van der Waals surface area (Å²) in [4.78, 5) is 48.3. The minimum Gasteiger partial charge on any atom is -0.480 e. The number of aliphatic hydroxyl groups is 1. The molecule has 172 valence electrons. The lowest BCUT2D eigenvalue weighted by Gasteiger charge is -2.24. The van der Waals surface area contributed by atoms with Crippen LogP contribution < -0.4 is 21.7 Å². The molecule has 0 aromatic heterocycles. The molecule has 0 saturated heterocycles. The molecule has 0 fully saturated rings. The van der Waals surface area contributed by atoms with Crippen LogP contribution in [-0.4, -0.2) is 64.7 Å². The predicted molar refractivity (Wildman–Crippen MR) is 114 cm³/mol. The van der Waals surface area contributed by atoms with Crippen molar-refractivity contribution in [3.05, 3.63) is 35.9 Å². The first-order chi connectivity index (χ1) is 14.5. The highest BCUT2D eigenvalue weighted by Gasteiger charge is 2.28. The van der Waals surface area contributed by atoms with Crippen LogP contribution in [0.15, 0.2) is 30.3 Å². The lowest BCUT2D eigenvalue weighted by atomic mass is 10.0. The number of carbonyl (C=O) groups excluding carboxylic acids is 3. The van der Waals surface area contributed by atoms with Gasteiger partial charge in [-0.2, -0.15) is 0 Å². The smallest absolute Gasteiger partial charge is 0.328 e. The molecule has 3 amide bonds. The first-order valence-electron chi connectivity index (χ1n) is 10.1. The number of aliphatic carboxylic acids is 1. The molecule has 10 nitrogen and oxygen atoms in total. The van der Waals surface area contributed by atoms with Gasteiger partial charge in [0.25, 0.3) is 0 Å². The molecular weight excluding hydrogens is 404 g/mol. The topological polar surface area (TPSA) is 171 Å². The van der Waals surface area contributed by atoms with Gasteiger partial charge in [0.15, 0.2) is 0 Å². The molecule has 7 N–H and O–H groups in total. The average molecular weight is 437 g/mol. The fraction of sp³-hybridized carbons (Fsp3) is 0.524. The fourth-order valence-electron chi connectivity index (χ4n) is 2.80. The van der Waals surface area contributed by atoms with E-state index in [4.69, 9.17) is 15.9 Å². The van der Waals surface area contributed by atoms with Crippen LogP contribution in [-0.2, 0) is 25.6 Å². The molecule has 10 heteroatoms. The number of carboxylic acids is 1. The SMILES string of the molecule is CC(C)CC(NC(=O)C(N)Cc1ccccc1)C(=O)NC(C)C(=O)NC(CO)C(=O)O. The molecule has 0 aliphatic rings. The summed E-state index contributed by atoms with van der Waals surface area (Å²) >= 11 is 0. The van der Waals surface area contributed by atoms with Gasteiger partial charge >= 0.3 is 5.97 Å². The maximum absolute atomic E-state index is 12.7. The molecule has 1 aromatic carbocycles. The second kappa shape index (κ2) is 12.7. The Kier molecular flexibility index (Phi) is 10.6. The van der Waals surface area contributed by atoms with Crippen LogP contribution in [0, 0.1) is 5.92 Å². The van der Waals surface area contributed by atoms with E-state index in [1.165, 1.54) is 6.92 Å². The van der Waals surface area contributed by atoms with Crippen molar-refractivity contribution in [1.82, 2.24) is 16.0 Å².